The molecule has 3 N–H and O–H groups in total. The van der Waals surface area contributed by atoms with Crippen molar-refractivity contribution in [2.24, 2.45) is 5.73 Å². The number of thioether (sulfide) groups is 1. The number of carbonyl (C=O) groups excluding carboxylic acids is 1. The number of hydrogen-bond donors (Lipinski definition) is 2. The number of piperidine rings is 1. The summed E-state index contributed by atoms with van der Waals surface area (Å²) in [7, 11) is 0. The minimum atomic E-state index is 0. The molecule has 88 valence electrons. The lowest BCUT2D eigenvalue weighted by Crippen LogP contribution is -2.51. The van der Waals surface area contributed by atoms with E-state index in [0.29, 0.717) is 0 Å². The molecule has 2 atom stereocenters. The first-order valence-electron chi connectivity index (χ1n) is 5.13. The van der Waals surface area contributed by atoms with Crippen molar-refractivity contribution in [2.45, 2.75) is 24.9 Å². The molecule has 6 heteroatoms. The van der Waals surface area contributed by atoms with Crippen molar-refractivity contribution in [3.8, 4) is 0 Å². The minimum Gasteiger partial charge on any atom is -0.340 e. The van der Waals surface area contributed by atoms with E-state index in [1.165, 1.54) is 0 Å². The number of nitrogens with zero attached hydrogens (tertiary/aromatic N) is 1. The topological polar surface area (TPSA) is 58.4 Å². The van der Waals surface area contributed by atoms with Gasteiger partial charge < -0.3 is 10.6 Å². The molecule has 2 heterocycles. The standard InChI is InChI=1S/C9H17N3OS.ClH/c10-7-2-1-3-12(4-7)9(13)8-5-14-6-11-8;/h7-8,11H,1-6,10H2;1H/t7?,8-;/m1./s1. The van der Waals surface area contributed by atoms with Crippen LogP contribution in [0.4, 0.5) is 0 Å². The van der Waals surface area contributed by atoms with Gasteiger partial charge in [-0.3, -0.25) is 10.1 Å². The largest absolute Gasteiger partial charge is 0.340 e. The minimum absolute atomic E-state index is 0. The van der Waals surface area contributed by atoms with Gasteiger partial charge in [0, 0.05) is 30.8 Å². The summed E-state index contributed by atoms with van der Waals surface area (Å²) < 4.78 is 0. The van der Waals surface area contributed by atoms with Gasteiger partial charge in [0.1, 0.15) is 0 Å². The number of hydrogen-bond acceptors (Lipinski definition) is 4. The van der Waals surface area contributed by atoms with Crippen LogP contribution in [0.1, 0.15) is 12.8 Å². The predicted octanol–water partition coefficient (Wildman–Crippen LogP) is 0.0204. The second kappa shape index (κ2) is 5.94. The second-order valence-electron chi connectivity index (χ2n) is 3.96. The number of halogens is 1. The number of likely N-dealkylation sites (tertiary alicyclic amines) is 1. The van der Waals surface area contributed by atoms with Crippen molar-refractivity contribution in [3.63, 3.8) is 0 Å². The molecule has 0 aromatic heterocycles. The van der Waals surface area contributed by atoms with E-state index < -0.39 is 0 Å². The smallest absolute Gasteiger partial charge is 0.240 e. The predicted molar refractivity (Wildman–Crippen MR) is 65.3 cm³/mol. The third-order valence-electron chi connectivity index (χ3n) is 2.78. The summed E-state index contributed by atoms with van der Waals surface area (Å²) in [6.45, 7) is 1.62. The highest BCUT2D eigenvalue weighted by Gasteiger charge is 2.29. The monoisotopic (exact) mass is 251 g/mol. The van der Waals surface area contributed by atoms with Gasteiger partial charge in [-0.25, -0.2) is 0 Å². The Bertz CT molecular complexity index is 223. The number of nitrogens with two attached hydrogens (primary N) is 1. The molecule has 1 amide bonds. The first kappa shape index (κ1) is 13.1. The van der Waals surface area contributed by atoms with Crippen LogP contribution in [0.5, 0.6) is 0 Å². The van der Waals surface area contributed by atoms with Crippen molar-refractivity contribution < 1.29 is 4.79 Å². The molecule has 2 saturated heterocycles. The zero-order valence-corrected chi connectivity index (χ0v) is 10.3. The summed E-state index contributed by atoms with van der Waals surface area (Å²) in [5.74, 6) is 2.05. The summed E-state index contributed by atoms with van der Waals surface area (Å²) in [6.07, 6.45) is 2.10. The lowest BCUT2D eigenvalue weighted by Gasteiger charge is -2.32. The Labute approximate surface area is 101 Å². The molecule has 0 saturated carbocycles. The lowest BCUT2D eigenvalue weighted by atomic mass is 10.1. The summed E-state index contributed by atoms with van der Waals surface area (Å²) in [5.41, 5.74) is 5.84. The van der Waals surface area contributed by atoms with E-state index in [0.717, 1.165) is 37.6 Å². The molecule has 0 spiro atoms. The highest BCUT2D eigenvalue weighted by atomic mass is 35.5. The van der Waals surface area contributed by atoms with Crippen LogP contribution < -0.4 is 11.1 Å². The first-order valence-corrected chi connectivity index (χ1v) is 6.28. The van der Waals surface area contributed by atoms with Gasteiger partial charge in [0.25, 0.3) is 0 Å². The van der Waals surface area contributed by atoms with Gasteiger partial charge in [-0.15, -0.1) is 24.2 Å². The van der Waals surface area contributed by atoms with Gasteiger partial charge >= 0.3 is 0 Å². The SMILES string of the molecule is Cl.NC1CCCN(C(=O)[C@H]2CSCN2)C1. The molecule has 4 nitrogen and oxygen atoms in total. The van der Waals surface area contributed by atoms with Crippen molar-refractivity contribution in [1.29, 1.82) is 0 Å². The molecule has 2 aliphatic rings. The molecular weight excluding hydrogens is 234 g/mol. The Morgan fingerprint density at radius 3 is 2.93 bits per heavy atom. The Morgan fingerprint density at radius 1 is 1.53 bits per heavy atom. The van der Waals surface area contributed by atoms with E-state index in [2.05, 4.69) is 5.32 Å². The maximum atomic E-state index is 11.9. The molecule has 2 fully saturated rings. The number of amides is 1. The van der Waals surface area contributed by atoms with Crippen LogP contribution in [0.3, 0.4) is 0 Å². The second-order valence-corrected chi connectivity index (χ2v) is 4.99. The molecule has 0 radical (unpaired) electrons. The van der Waals surface area contributed by atoms with Gasteiger partial charge in [-0.2, -0.15) is 0 Å². The quantitative estimate of drug-likeness (QED) is 0.690. The van der Waals surface area contributed by atoms with Gasteiger partial charge in [-0.1, -0.05) is 0 Å². The van der Waals surface area contributed by atoms with Crippen molar-refractivity contribution >= 4 is 30.1 Å². The lowest BCUT2D eigenvalue weighted by molar-refractivity contribution is -0.133. The summed E-state index contributed by atoms with van der Waals surface area (Å²) >= 11 is 1.79. The molecule has 0 aromatic rings. The fourth-order valence-corrected chi connectivity index (χ4v) is 2.92. The molecule has 0 aliphatic carbocycles. The average Bonchev–Trinajstić information content (AvgIpc) is 2.69. The average molecular weight is 252 g/mol. The summed E-state index contributed by atoms with van der Waals surface area (Å²) in [6, 6.07) is 0.215. The number of rotatable bonds is 1. The van der Waals surface area contributed by atoms with E-state index in [1.54, 1.807) is 11.8 Å². The van der Waals surface area contributed by atoms with Crippen LogP contribution in [0.2, 0.25) is 0 Å². The Kier molecular flexibility index (Phi) is 5.18. The maximum absolute atomic E-state index is 11.9. The highest BCUT2D eigenvalue weighted by Crippen LogP contribution is 2.15. The normalized spacial score (nSPS) is 31.1. The van der Waals surface area contributed by atoms with Crippen LogP contribution in [0, 0.1) is 0 Å². The Balaban J connectivity index is 0.00000112. The van der Waals surface area contributed by atoms with Crippen molar-refractivity contribution in [2.75, 3.05) is 24.7 Å². The van der Waals surface area contributed by atoms with E-state index in [-0.39, 0.29) is 30.4 Å². The van der Waals surface area contributed by atoms with Crippen LogP contribution in [0.15, 0.2) is 0 Å². The molecule has 1 unspecified atom stereocenters. The van der Waals surface area contributed by atoms with Crippen molar-refractivity contribution in [3.05, 3.63) is 0 Å². The zero-order valence-electron chi connectivity index (χ0n) is 8.65. The molecule has 0 bridgehead atoms. The fourth-order valence-electron chi connectivity index (χ4n) is 1.98. The maximum Gasteiger partial charge on any atom is 0.240 e. The third kappa shape index (κ3) is 3.24. The summed E-state index contributed by atoms with van der Waals surface area (Å²) in [4.78, 5) is 13.9. The highest BCUT2D eigenvalue weighted by molar-refractivity contribution is 7.99. The molecule has 15 heavy (non-hydrogen) atoms. The number of nitrogens with one attached hydrogen (secondary N) is 1. The van der Waals surface area contributed by atoms with E-state index in [9.17, 15) is 4.79 Å². The molecule has 2 rings (SSSR count). The molecule has 2 aliphatic heterocycles. The van der Waals surface area contributed by atoms with E-state index in [1.807, 2.05) is 4.90 Å². The Hall–Kier alpha value is 0.0300. The first-order chi connectivity index (χ1) is 6.77. The van der Waals surface area contributed by atoms with Crippen molar-refractivity contribution in [1.82, 2.24) is 10.2 Å². The van der Waals surface area contributed by atoms with Gasteiger partial charge in [0.2, 0.25) is 5.91 Å². The van der Waals surface area contributed by atoms with Gasteiger partial charge in [-0.05, 0) is 12.8 Å². The van der Waals surface area contributed by atoms with E-state index >= 15 is 0 Å². The van der Waals surface area contributed by atoms with Crippen LogP contribution >= 0.6 is 24.2 Å². The zero-order chi connectivity index (χ0) is 9.97. The molecular formula is C9H18ClN3OS. The van der Waals surface area contributed by atoms with Gasteiger partial charge in [0.05, 0.1) is 6.04 Å². The fraction of sp³-hybridized carbons (Fsp3) is 0.889. The van der Waals surface area contributed by atoms with Crippen LogP contribution in [0.25, 0.3) is 0 Å². The third-order valence-corrected chi connectivity index (χ3v) is 3.72. The Morgan fingerprint density at radius 2 is 2.33 bits per heavy atom. The van der Waals surface area contributed by atoms with Gasteiger partial charge in [0.15, 0.2) is 0 Å². The molecule has 0 aromatic carbocycles. The van der Waals surface area contributed by atoms with E-state index in [4.69, 9.17) is 5.73 Å². The summed E-state index contributed by atoms with van der Waals surface area (Å²) in [5, 5.41) is 3.20. The van der Waals surface area contributed by atoms with Crippen LogP contribution in [-0.2, 0) is 4.79 Å². The van der Waals surface area contributed by atoms with Crippen LogP contribution in [-0.4, -0.2) is 47.6 Å². The number of carbonyl (C=O) groups is 1.